The largest absolute Gasteiger partial charge is 0.480 e. The monoisotopic (exact) mass is 721 g/mol. The molecule has 11 heteroatoms. The first-order valence-electron chi connectivity index (χ1n) is 16.3. The SMILES string of the molecule is CSCCC(NC(=O)c1ccc(CN(Cc2ccccc2)c2ccc(S(=O)(=O)NC(=O)c3ccccc3)cc2)cc1-c1ccccc1C)C(=O)O. The van der Waals surface area contributed by atoms with E-state index in [2.05, 4.69) is 14.9 Å². The van der Waals surface area contributed by atoms with Crippen LogP contribution in [0.1, 0.15) is 43.8 Å². The van der Waals surface area contributed by atoms with Crippen molar-refractivity contribution in [2.45, 2.75) is 37.4 Å². The lowest BCUT2D eigenvalue weighted by Gasteiger charge is -2.26. The van der Waals surface area contributed by atoms with Crippen LogP contribution in [-0.4, -0.2) is 49.4 Å². The Morgan fingerprint density at radius 3 is 2.02 bits per heavy atom. The highest BCUT2D eigenvalue weighted by Gasteiger charge is 2.24. The second-order valence-electron chi connectivity index (χ2n) is 12.0. The topological polar surface area (TPSA) is 133 Å². The third-order valence-electron chi connectivity index (χ3n) is 8.34. The molecule has 9 nitrogen and oxygen atoms in total. The number of carboxylic acid groups (broad SMARTS) is 1. The maximum Gasteiger partial charge on any atom is 0.326 e. The number of anilines is 1. The summed E-state index contributed by atoms with van der Waals surface area (Å²) in [6.07, 6.45) is 2.19. The molecule has 2 amide bonds. The number of hydrogen-bond donors (Lipinski definition) is 3. The predicted octanol–water partition coefficient (Wildman–Crippen LogP) is 6.92. The van der Waals surface area contributed by atoms with Crippen LogP contribution in [0.2, 0.25) is 0 Å². The summed E-state index contributed by atoms with van der Waals surface area (Å²) in [5, 5.41) is 12.5. The third kappa shape index (κ3) is 9.65. The first-order valence-corrected chi connectivity index (χ1v) is 19.2. The van der Waals surface area contributed by atoms with Gasteiger partial charge in [0.05, 0.1) is 4.90 Å². The minimum Gasteiger partial charge on any atom is -0.480 e. The van der Waals surface area contributed by atoms with Gasteiger partial charge >= 0.3 is 5.97 Å². The number of thioether (sulfide) groups is 1. The van der Waals surface area contributed by atoms with Crippen LogP contribution in [0.15, 0.2) is 132 Å². The highest BCUT2D eigenvalue weighted by molar-refractivity contribution is 7.98. The van der Waals surface area contributed by atoms with Gasteiger partial charge in [0.25, 0.3) is 21.8 Å². The van der Waals surface area contributed by atoms with Crippen molar-refractivity contribution >= 4 is 45.3 Å². The lowest BCUT2D eigenvalue weighted by molar-refractivity contribution is -0.139. The average molecular weight is 722 g/mol. The predicted molar refractivity (Wildman–Crippen MR) is 202 cm³/mol. The summed E-state index contributed by atoms with van der Waals surface area (Å²) in [5.74, 6) is -1.68. The zero-order chi connectivity index (χ0) is 36.4. The molecule has 262 valence electrons. The summed E-state index contributed by atoms with van der Waals surface area (Å²) < 4.78 is 28.4. The van der Waals surface area contributed by atoms with Crippen molar-refractivity contribution in [2.24, 2.45) is 0 Å². The summed E-state index contributed by atoms with van der Waals surface area (Å²) >= 11 is 1.52. The van der Waals surface area contributed by atoms with Crippen LogP contribution in [0.3, 0.4) is 0 Å². The Morgan fingerprint density at radius 1 is 0.745 bits per heavy atom. The summed E-state index contributed by atoms with van der Waals surface area (Å²) in [6, 6.07) is 36.6. The van der Waals surface area contributed by atoms with Gasteiger partial charge in [-0.15, -0.1) is 0 Å². The van der Waals surface area contributed by atoms with Gasteiger partial charge in [0.15, 0.2) is 0 Å². The number of rotatable bonds is 15. The molecular weight excluding hydrogens is 683 g/mol. The Morgan fingerprint density at radius 2 is 1.37 bits per heavy atom. The van der Waals surface area contributed by atoms with Crippen LogP contribution in [0, 0.1) is 6.92 Å². The van der Waals surface area contributed by atoms with Crippen molar-refractivity contribution in [1.29, 1.82) is 0 Å². The van der Waals surface area contributed by atoms with E-state index in [1.807, 2.05) is 79.9 Å². The quantitative estimate of drug-likeness (QED) is 0.106. The van der Waals surface area contributed by atoms with Crippen LogP contribution >= 0.6 is 11.8 Å². The number of benzene rings is 5. The summed E-state index contributed by atoms with van der Waals surface area (Å²) in [6.45, 7) is 2.86. The standard InChI is InChI=1S/C40H39N3O6S2/c1-28-11-9-10-16-34(28)36-25-30(17-22-35(36)39(45)41-37(40(46)47)23-24-50-2)27-43(26-29-12-5-3-6-13-29)32-18-20-33(21-19-32)51(48,49)42-38(44)31-14-7-4-8-15-31/h3-22,25,37H,23-24,26-27H2,1-2H3,(H,41,45)(H,42,44)(H,46,47). The van der Waals surface area contributed by atoms with E-state index in [1.54, 1.807) is 48.5 Å². The van der Waals surface area contributed by atoms with Crippen molar-refractivity contribution in [2.75, 3.05) is 16.9 Å². The maximum atomic E-state index is 13.6. The number of sulfonamides is 1. The molecule has 5 aromatic rings. The minimum absolute atomic E-state index is 0.0513. The number of carbonyl (C=O) groups excluding carboxylic acids is 2. The fourth-order valence-corrected chi connectivity index (χ4v) is 7.09. The summed E-state index contributed by atoms with van der Waals surface area (Å²) in [4.78, 5) is 40.2. The van der Waals surface area contributed by atoms with Crippen LogP contribution in [0.25, 0.3) is 11.1 Å². The zero-order valence-corrected chi connectivity index (χ0v) is 29.9. The molecule has 3 N–H and O–H groups in total. The van der Waals surface area contributed by atoms with Crippen molar-refractivity contribution < 1.29 is 27.9 Å². The first kappa shape index (κ1) is 36.9. The van der Waals surface area contributed by atoms with Crippen molar-refractivity contribution in [3.05, 3.63) is 155 Å². The number of aliphatic carboxylic acids is 1. The van der Waals surface area contributed by atoms with Gasteiger partial charge in [0, 0.05) is 29.9 Å². The third-order valence-corrected chi connectivity index (χ3v) is 10.3. The number of nitrogens with zero attached hydrogens (tertiary/aromatic N) is 1. The number of aryl methyl sites for hydroxylation is 1. The molecule has 5 rings (SSSR count). The first-order chi connectivity index (χ1) is 24.6. The molecule has 0 saturated heterocycles. The minimum atomic E-state index is -4.13. The second-order valence-corrected chi connectivity index (χ2v) is 14.6. The molecule has 0 aliphatic heterocycles. The van der Waals surface area contributed by atoms with Gasteiger partial charge < -0.3 is 15.3 Å². The number of amides is 2. The lowest BCUT2D eigenvalue weighted by Crippen LogP contribution is -2.41. The second kappa shape index (κ2) is 17.0. The van der Waals surface area contributed by atoms with E-state index in [9.17, 15) is 27.9 Å². The molecule has 0 fully saturated rings. The van der Waals surface area contributed by atoms with E-state index >= 15 is 0 Å². The smallest absolute Gasteiger partial charge is 0.326 e. The normalized spacial score (nSPS) is 11.7. The fraction of sp³-hybridized carbons (Fsp3) is 0.175. The highest BCUT2D eigenvalue weighted by Crippen LogP contribution is 2.30. The van der Waals surface area contributed by atoms with Gasteiger partial charge in [-0.3, -0.25) is 9.59 Å². The fourth-order valence-electron chi connectivity index (χ4n) is 5.64. The molecule has 1 atom stereocenters. The van der Waals surface area contributed by atoms with E-state index in [-0.39, 0.29) is 10.5 Å². The van der Waals surface area contributed by atoms with Crippen molar-refractivity contribution in [3.63, 3.8) is 0 Å². The molecule has 1 unspecified atom stereocenters. The summed E-state index contributed by atoms with van der Waals surface area (Å²) in [7, 11) is -4.13. The van der Waals surface area contributed by atoms with Gasteiger partial charge in [-0.2, -0.15) is 11.8 Å². The molecule has 0 spiro atoms. The molecule has 0 radical (unpaired) electrons. The molecule has 0 saturated carbocycles. The molecule has 0 bridgehead atoms. The zero-order valence-electron chi connectivity index (χ0n) is 28.3. The Kier molecular flexibility index (Phi) is 12.3. The molecule has 0 aliphatic rings. The van der Waals surface area contributed by atoms with Gasteiger partial charge in [-0.1, -0.05) is 78.9 Å². The van der Waals surface area contributed by atoms with E-state index in [0.29, 0.717) is 36.4 Å². The van der Waals surface area contributed by atoms with E-state index in [4.69, 9.17) is 0 Å². The Hall–Kier alpha value is -5.39. The van der Waals surface area contributed by atoms with Crippen molar-refractivity contribution in [1.82, 2.24) is 10.0 Å². The van der Waals surface area contributed by atoms with Crippen molar-refractivity contribution in [3.8, 4) is 11.1 Å². The Balaban J connectivity index is 1.47. The van der Waals surface area contributed by atoms with Gasteiger partial charge in [-0.05, 0) is 102 Å². The van der Waals surface area contributed by atoms with Crippen LogP contribution in [0.5, 0.6) is 0 Å². The number of carbonyl (C=O) groups is 3. The van der Waals surface area contributed by atoms with Gasteiger partial charge in [0.1, 0.15) is 6.04 Å². The molecule has 5 aromatic carbocycles. The lowest BCUT2D eigenvalue weighted by atomic mass is 9.93. The molecule has 0 aromatic heterocycles. The molecule has 51 heavy (non-hydrogen) atoms. The Labute approximate surface area is 302 Å². The van der Waals surface area contributed by atoms with Gasteiger partial charge in [0.2, 0.25) is 0 Å². The average Bonchev–Trinajstić information content (AvgIpc) is 3.13. The molecular formula is C40H39N3O6S2. The van der Waals surface area contributed by atoms with Crippen LogP contribution in [-0.2, 0) is 27.9 Å². The highest BCUT2D eigenvalue weighted by atomic mass is 32.2. The molecule has 0 heterocycles. The van der Waals surface area contributed by atoms with Crippen LogP contribution < -0.4 is 14.9 Å². The van der Waals surface area contributed by atoms with E-state index in [0.717, 1.165) is 27.9 Å². The number of carboxylic acids is 1. The van der Waals surface area contributed by atoms with Gasteiger partial charge in [-0.25, -0.2) is 17.9 Å². The number of hydrogen-bond acceptors (Lipinski definition) is 7. The van der Waals surface area contributed by atoms with E-state index in [1.165, 1.54) is 23.9 Å². The number of nitrogens with one attached hydrogen (secondary N) is 2. The maximum absolute atomic E-state index is 13.6. The van der Waals surface area contributed by atoms with E-state index < -0.39 is 33.8 Å². The van der Waals surface area contributed by atoms with Crippen LogP contribution in [0.4, 0.5) is 5.69 Å². The summed E-state index contributed by atoms with van der Waals surface area (Å²) in [5.41, 5.74) is 5.73. The molecule has 0 aliphatic carbocycles. The Bertz CT molecular complexity index is 2090.